The summed E-state index contributed by atoms with van der Waals surface area (Å²) < 4.78 is 18.7. The van der Waals surface area contributed by atoms with Gasteiger partial charge in [0.25, 0.3) is 0 Å². The van der Waals surface area contributed by atoms with Crippen LogP contribution in [-0.2, 0) is 0 Å². The van der Waals surface area contributed by atoms with Crippen LogP contribution in [0.4, 0.5) is 4.39 Å². The van der Waals surface area contributed by atoms with E-state index >= 15 is 0 Å². The molecular formula is C16H15FO. The van der Waals surface area contributed by atoms with E-state index in [0.717, 1.165) is 22.4 Å². The van der Waals surface area contributed by atoms with Crippen molar-refractivity contribution in [2.75, 3.05) is 0 Å². The zero-order valence-electron chi connectivity index (χ0n) is 10.5. The molecule has 2 rings (SSSR count). The number of benzene rings is 2. The lowest BCUT2D eigenvalue weighted by atomic mass is 10.1. The second-order valence-electron chi connectivity index (χ2n) is 4.23. The average molecular weight is 242 g/mol. The summed E-state index contributed by atoms with van der Waals surface area (Å²) in [5, 5.41) is 0. The molecule has 0 aliphatic carbocycles. The van der Waals surface area contributed by atoms with E-state index in [1.54, 1.807) is 12.1 Å². The molecule has 0 saturated heterocycles. The number of hydrogen-bond donors (Lipinski definition) is 0. The molecule has 0 bridgehead atoms. The zero-order valence-corrected chi connectivity index (χ0v) is 10.5. The van der Waals surface area contributed by atoms with E-state index in [4.69, 9.17) is 4.74 Å². The summed E-state index contributed by atoms with van der Waals surface area (Å²) in [5.41, 5.74) is 2.95. The van der Waals surface area contributed by atoms with Crippen molar-refractivity contribution in [2.24, 2.45) is 0 Å². The minimum Gasteiger partial charge on any atom is -0.457 e. The van der Waals surface area contributed by atoms with Gasteiger partial charge in [-0.1, -0.05) is 18.7 Å². The molecular weight excluding hydrogens is 227 g/mol. The van der Waals surface area contributed by atoms with Gasteiger partial charge < -0.3 is 4.74 Å². The minimum atomic E-state index is -0.254. The molecule has 0 fully saturated rings. The molecule has 0 atom stereocenters. The summed E-state index contributed by atoms with van der Waals surface area (Å²) in [7, 11) is 0. The van der Waals surface area contributed by atoms with Crippen molar-refractivity contribution in [1.82, 2.24) is 0 Å². The SMILES string of the molecule is C=Cc1cc(Oc2ccc(F)cc2C)ccc1C. The van der Waals surface area contributed by atoms with Gasteiger partial charge in [-0.15, -0.1) is 0 Å². The fourth-order valence-electron chi connectivity index (χ4n) is 1.76. The smallest absolute Gasteiger partial charge is 0.130 e. The molecule has 0 spiro atoms. The highest BCUT2D eigenvalue weighted by Gasteiger charge is 2.04. The Kier molecular flexibility index (Phi) is 3.47. The van der Waals surface area contributed by atoms with Gasteiger partial charge in [0, 0.05) is 0 Å². The van der Waals surface area contributed by atoms with Crippen LogP contribution >= 0.6 is 0 Å². The second-order valence-corrected chi connectivity index (χ2v) is 4.23. The van der Waals surface area contributed by atoms with Crippen LogP contribution < -0.4 is 4.74 Å². The predicted octanol–water partition coefficient (Wildman–Crippen LogP) is 4.88. The van der Waals surface area contributed by atoms with Crippen molar-refractivity contribution < 1.29 is 9.13 Å². The molecule has 0 N–H and O–H groups in total. The molecule has 2 aromatic carbocycles. The Labute approximate surface area is 107 Å². The molecule has 0 saturated carbocycles. The van der Waals surface area contributed by atoms with Crippen molar-refractivity contribution >= 4 is 6.08 Å². The van der Waals surface area contributed by atoms with E-state index in [2.05, 4.69) is 6.58 Å². The van der Waals surface area contributed by atoms with E-state index in [1.807, 2.05) is 32.0 Å². The van der Waals surface area contributed by atoms with Crippen LogP contribution in [0.2, 0.25) is 0 Å². The maximum Gasteiger partial charge on any atom is 0.130 e. The first-order chi connectivity index (χ1) is 8.60. The minimum absolute atomic E-state index is 0.254. The van der Waals surface area contributed by atoms with Crippen LogP contribution in [0.5, 0.6) is 11.5 Å². The van der Waals surface area contributed by atoms with Crippen LogP contribution in [0.25, 0.3) is 6.08 Å². The summed E-state index contributed by atoms with van der Waals surface area (Å²) in [6, 6.07) is 10.3. The van der Waals surface area contributed by atoms with Crippen molar-refractivity contribution in [1.29, 1.82) is 0 Å². The first-order valence-corrected chi connectivity index (χ1v) is 5.77. The second kappa shape index (κ2) is 5.05. The van der Waals surface area contributed by atoms with E-state index in [9.17, 15) is 4.39 Å². The number of rotatable bonds is 3. The van der Waals surface area contributed by atoms with Crippen LogP contribution in [0.3, 0.4) is 0 Å². The Morgan fingerprint density at radius 3 is 2.50 bits per heavy atom. The lowest BCUT2D eigenvalue weighted by Gasteiger charge is -2.10. The molecule has 0 amide bonds. The summed E-state index contributed by atoms with van der Waals surface area (Å²) in [6.45, 7) is 7.60. The predicted molar refractivity (Wildman–Crippen MR) is 72.5 cm³/mol. The Hall–Kier alpha value is -2.09. The fourth-order valence-corrected chi connectivity index (χ4v) is 1.76. The molecule has 2 heteroatoms. The zero-order chi connectivity index (χ0) is 13.1. The summed E-state index contributed by atoms with van der Waals surface area (Å²) >= 11 is 0. The van der Waals surface area contributed by atoms with Gasteiger partial charge in [0.05, 0.1) is 0 Å². The summed E-state index contributed by atoms with van der Waals surface area (Å²) in [6.07, 6.45) is 1.79. The topological polar surface area (TPSA) is 9.23 Å². The third-order valence-corrected chi connectivity index (χ3v) is 2.84. The Balaban J connectivity index is 2.31. The van der Waals surface area contributed by atoms with Gasteiger partial charge in [-0.05, 0) is 60.9 Å². The van der Waals surface area contributed by atoms with Gasteiger partial charge in [0.2, 0.25) is 0 Å². The van der Waals surface area contributed by atoms with Gasteiger partial charge in [-0.25, -0.2) is 4.39 Å². The molecule has 92 valence electrons. The molecule has 0 radical (unpaired) electrons. The van der Waals surface area contributed by atoms with E-state index in [-0.39, 0.29) is 5.82 Å². The molecule has 0 aliphatic heterocycles. The number of halogens is 1. The quantitative estimate of drug-likeness (QED) is 0.745. The van der Waals surface area contributed by atoms with Crippen molar-refractivity contribution in [2.45, 2.75) is 13.8 Å². The van der Waals surface area contributed by atoms with Gasteiger partial charge in [-0.2, -0.15) is 0 Å². The summed E-state index contributed by atoms with van der Waals surface area (Å²) in [4.78, 5) is 0. The van der Waals surface area contributed by atoms with Crippen LogP contribution in [0.1, 0.15) is 16.7 Å². The first kappa shape index (κ1) is 12.4. The van der Waals surface area contributed by atoms with Crippen molar-refractivity contribution in [3.63, 3.8) is 0 Å². The Bertz CT molecular complexity index is 588. The summed E-state index contributed by atoms with van der Waals surface area (Å²) in [5.74, 6) is 1.14. The van der Waals surface area contributed by atoms with Gasteiger partial charge in [0.15, 0.2) is 0 Å². The van der Waals surface area contributed by atoms with Crippen molar-refractivity contribution in [3.05, 3.63) is 65.5 Å². The van der Waals surface area contributed by atoms with E-state index < -0.39 is 0 Å². The monoisotopic (exact) mass is 242 g/mol. The lowest BCUT2D eigenvalue weighted by Crippen LogP contribution is -1.90. The largest absolute Gasteiger partial charge is 0.457 e. The van der Waals surface area contributed by atoms with Gasteiger partial charge >= 0.3 is 0 Å². The number of ether oxygens (including phenoxy) is 1. The fraction of sp³-hybridized carbons (Fsp3) is 0.125. The standard InChI is InChI=1S/C16H15FO/c1-4-13-10-15(7-5-11(13)2)18-16-8-6-14(17)9-12(16)3/h4-10H,1H2,2-3H3. The lowest BCUT2D eigenvalue weighted by molar-refractivity contribution is 0.476. The van der Waals surface area contributed by atoms with Crippen LogP contribution in [0.15, 0.2) is 43.0 Å². The highest BCUT2D eigenvalue weighted by atomic mass is 19.1. The maximum absolute atomic E-state index is 13.0. The number of aryl methyl sites for hydroxylation is 2. The van der Waals surface area contributed by atoms with Crippen LogP contribution in [-0.4, -0.2) is 0 Å². The van der Waals surface area contributed by atoms with Crippen molar-refractivity contribution in [3.8, 4) is 11.5 Å². The third-order valence-electron chi connectivity index (χ3n) is 2.84. The van der Waals surface area contributed by atoms with Gasteiger partial charge in [0.1, 0.15) is 17.3 Å². The molecule has 0 heterocycles. The molecule has 18 heavy (non-hydrogen) atoms. The molecule has 1 nitrogen and oxygen atoms in total. The molecule has 0 aliphatic rings. The molecule has 0 unspecified atom stereocenters. The highest BCUT2D eigenvalue weighted by molar-refractivity contribution is 5.54. The third kappa shape index (κ3) is 2.59. The van der Waals surface area contributed by atoms with E-state index in [1.165, 1.54) is 12.1 Å². The maximum atomic E-state index is 13.0. The molecule has 2 aromatic rings. The van der Waals surface area contributed by atoms with Gasteiger partial charge in [-0.3, -0.25) is 0 Å². The molecule has 0 aromatic heterocycles. The normalized spacial score (nSPS) is 10.2. The highest BCUT2D eigenvalue weighted by Crippen LogP contribution is 2.27. The van der Waals surface area contributed by atoms with E-state index in [0.29, 0.717) is 5.75 Å². The number of hydrogen-bond acceptors (Lipinski definition) is 1. The first-order valence-electron chi connectivity index (χ1n) is 5.77. The van der Waals surface area contributed by atoms with Crippen LogP contribution in [0, 0.1) is 19.7 Å². The Morgan fingerprint density at radius 2 is 1.83 bits per heavy atom. The average Bonchev–Trinajstić information content (AvgIpc) is 2.35. The Morgan fingerprint density at radius 1 is 1.06 bits per heavy atom.